The molecule has 3 aromatic carbocycles. The Morgan fingerprint density at radius 3 is 2.35 bits per heavy atom. The molecule has 11 nitrogen and oxygen atoms in total. The SMILES string of the molecule is CCCSc1nc(N[C@@H]2C[C@H]2c2ccc(F)c(F)c2)c2nnn([C@@H]3C[C@H](COCC(=O)O)O[C@H]3CO[Si](c3ccccc3)(c3ccccc3)C(C)(C)C)c2n1. The number of hydrogen-bond donors (Lipinski definition) is 2. The van der Waals surface area contributed by atoms with Crippen molar-refractivity contribution in [1.29, 1.82) is 0 Å². The number of ether oxygens (including phenoxy) is 2. The topological polar surface area (TPSA) is 134 Å². The van der Waals surface area contributed by atoms with Gasteiger partial charge in [-0.2, -0.15) is 0 Å². The van der Waals surface area contributed by atoms with Crippen LogP contribution in [0, 0.1) is 11.6 Å². The van der Waals surface area contributed by atoms with Crippen LogP contribution < -0.4 is 15.7 Å². The first-order valence-electron chi connectivity index (χ1n) is 18.7. The van der Waals surface area contributed by atoms with Gasteiger partial charge in [-0.15, -0.1) is 5.10 Å². The number of halogens is 2. The van der Waals surface area contributed by atoms with Crippen molar-refractivity contribution < 1.29 is 32.6 Å². The Kier molecular flexibility index (Phi) is 11.6. The lowest BCUT2D eigenvalue weighted by molar-refractivity contribution is -0.143. The van der Waals surface area contributed by atoms with E-state index in [1.165, 1.54) is 17.8 Å². The monoisotopic (exact) mass is 788 g/mol. The smallest absolute Gasteiger partial charge is 0.329 e. The predicted molar refractivity (Wildman–Crippen MR) is 210 cm³/mol. The summed E-state index contributed by atoms with van der Waals surface area (Å²) in [6.45, 7) is 8.61. The first-order chi connectivity index (χ1) is 26.5. The average Bonchev–Trinajstić information content (AvgIpc) is 3.61. The van der Waals surface area contributed by atoms with E-state index in [1.54, 1.807) is 10.7 Å². The molecular weight excluding hydrogens is 743 g/mol. The fourth-order valence-electron chi connectivity index (χ4n) is 7.61. The summed E-state index contributed by atoms with van der Waals surface area (Å²) in [6.07, 6.45) is 1.15. The van der Waals surface area contributed by atoms with Crippen LogP contribution in [0.3, 0.4) is 0 Å². The number of nitrogens with zero attached hydrogens (tertiary/aromatic N) is 5. The van der Waals surface area contributed by atoms with Gasteiger partial charge < -0.3 is 24.3 Å². The molecule has 3 heterocycles. The van der Waals surface area contributed by atoms with E-state index in [2.05, 4.69) is 67.6 Å². The molecule has 55 heavy (non-hydrogen) atoms. The van der Waals surface area contributed by atoms with Crippen LogP contribution in [0.2, 0.25) is 5.04 Å². The fraction of sp³-hybridized carbons (Fsp3) is 0.425. The Labute approximate surface area is 324 Å². The lowest BCUT2D eigenvalue weighted by Gasteiger charge is -2.43. The number of carboxylic acid groups (broad SMARTS) is 1. The van der Waals surface area contributed by atoms with Gasteiger partial charge in [0.25, 0.3) is 8.32 Å². The summed E-state index contributed by atoms with van der Waals surface area (Å²) in [5.41, 5.74) is 1.72. The van der Waals surface area contributed by atoms with E-state index in [9.17, 15) is 18.7 Å². The minimum atomic E-state index is -2.95. The van der Waals surface area contributed by atoms with Gasteiger partial charge in [-0.1, -0.05) is 111 Å². The first kappa shape index (κ1) is 39.0. The summed E-state index contributed by atoms with van der Waals surface area (Å²) in [7, 11) is -2.95. The van der Waals surface area contributed by atoms with Crippen molar-refractivity contribution in [3.8, 4) is 0 Å². The van der Waals surface area contributed by atoms with Crippen LogP contribution in [0.25, 0.3) is 11.2 Å². The number of carboxylic acids is 1. The van der Waals surface area contributed by atoms with Crippen LogP contribution in [0.15, 0.2) is 84.0 Å². The molecule has 0 bridgehead atoms. The minimum Gasteiger partial charge on any atom is -0.480 e. The number of fused-ring (bicyclic) bond motifs is 1. The predicted octanol–water partition coefficient (Wildman–Crippen LogP) is 6.35. The lowest BCUT2D eigenvalue weighted by atomic mass is 10.1. The molecular formula is C40H46F2N6O5SSi. The molecule has 7 rings (SSSR count). The molecule has 0 unspecified atom stereocenters. The van der Waals surface area contributed by atoms with Gasteiger partial charge in [0, 0.05) is 24.1 Å². The zero-order valence-corrected chi connectivity index (χ0v) is 33.1. The number of benzene rings is 3. The van der Waals surface area contributed by atoms with E-state index in [-0.39, 0.29) is 36.3 Å². The summed E-state index contributed by atoms with van der Waals surface area (Å²) in [4.78, 5) is 21.1. The fourth-order valence-corrected chi connectivity index (χ4v) is 12.9. The van der Waals surface area contributed by atoms with Crippen LogP contribution in [0.5, 0.6) is 0 Å². The Morgan fingerprint density at radius 2 is 1.71 bits per heavy atom. The zero-order valence-electron chi connectivity index (χ0n) is 31.3. The van der Waals surface area contributed by atoms with Crippen molar-refractivity contribution in [1.82, 2.24) is 25.0 Å². The van der Waals surface area contributed by atoms with Crippen molar-refractivity contribution in [3.05, 3.63) is 96.1 Å². The van der Waals surface area contributed by atoms with Gasteiger partial charge in [-0.25, -0.2) is 28.2 Å². The van der Waals surface area contributed by atoms with E-state index >= 15 is 0 Å². The van der Waals surface area contributed by atoms with Crippen LogP contribution in [-0.2, 0) is 18.7 Å². The summed E-state index contributed by atoms with van der Waals surface area (Å²) in [5, 5.41) is 24.6. The second-order valence-electron chi connectivity index (χ2n) is 15.2. The number of aliphatic carboxylic acids is 1. The highest BCUT2D eigenvalue weighted by Crippen LogP contribution is 2.44. The summed E-state index contributed by atoms with van der Waals surface area (Å²) in [6, 6.07) is 24.3. The third-order valence-electron chi connectivity index (χ3n) is 10.2. The Balaban J connectivity index is 1.23. The molecule has 0 amide bonds. The minimum absolute atomic E-state index is 0.0142. The number of anilines is 1. The van der Waals surface area contributed by atoms with E-state index in [0.29, 0.717) is 34.1 Å². The molecule has 2 fully saturated rings. The van der Waals surface area contributed by atoms with Gasteiger partial charge >= 0.3 is 5.97 Å². The molecule has 290 valence electrons. The van der Waals surface area contributed by atoms with E-state index < -0.39 is 44.7 Å². The number of hydrogen-bond acceptors (Lipinski definition) is 10. The molecule has 0 spiro atoms. The maximum atomic E-state index is 14.1. The molecule has 2 N–H and O–H groups in total. The second kappa shape index (κ2) is 16.4. The van der Waals surface area contributed by atoms with Gasteiger partial charge in [-0.3, -0.25) is 0 Å². The Hall–Kier alpha value is -4.28. The number of carbonyl (C=O) groups is 1. The van der Waals surface area contributed by atoms with Gasteiger partial charge in [0.2, 0.25) is 0 Å². The summed E-state index contributed by atoms with van der Waals surface area (Å²) >= 11 is 1.53. The second-order valence-corrected chi connectivity index (χ2v) is 20.5. The maximum absolute atomic E-state index is 14.1. The third kappa shape index (κ3) is 8.31. The Morgan fingerprint density at radius 1 is 1.00 bits per heavy atom. The van der Waals surface area contributed by atoms with Gasteiger partial charge in [0.15, 0.2) is 33.8 Å². The van der Waals surface area contributed by atoms with Crippen molar-refractivity contribution in [2.45, 2.75) is 87.4 Å². The van der Waals surface area contributed by atoms with E-state index in [4.69, 9.17) is 23.9 Å². The van der Waals surface area contributed by atoms with Crippen molar-refractivity contribution >= 4 is 53.4 Å². The first-order valence-corrected chi connectivity index (χ1v) is 21.5. The van der Waals surface area contributed by atoms with E-state index in [1.807, 2.05) is 36.4 Å². The van der Waals surface area contributed by atoms with Crippen LogP contribution in [-0.4, -0.2) is 88.2 Å². The molecule has 1 aliphatic heterocycles. The van der Waals surface area contributed by atoms with Gasteiger partial charge in [-0.05, 0) is 45.9 Å². The molecule has 2 aliphatic rings. The molecule has 15 heteroatoms. The van der Waals surface area contributed by atoms with Gasteiger partial charge in [0.1, 0.15) is 12.7 Å². The quantitative estimate of drug-likeness (QED) is 0.0659. The van der Waals surface area contributed by atoms with Crippen molar-refractivity contribution in [3.63, 3.8) is 0 Å². The Bertz CT molecular complexity index is 2070. The number of thioether (sulfide) groups is 1. The highest BCUT2D eigenvalue weighted by atomic mass is 32.2. The highest BCUT2D eigenvalue weighted by molar-refractivity contribution is 7.99. The number of rotatable bonds is 16. The molecule has 0 radical (unpaired) electrons. The normalized spacial score (nSPS) is 21.2. The highest BCUT2D eigenvalue weighted by Gasteiger charge is 2.51. The lowest BCUT2D eigenvalue weighted by Crippen LogP contribution is -2.67. The largest absolute Gasteiger partial charge is 0.480 e. The standard InChI is InChI=1S/C40H46F2N6O5SSi/c1-5-18-54-39-44-37(43-32-21-29(32)25-16-17-30(41)31(42)19-25)36-38(45-39)48(47-46-36)33-20-26(22-51-24-35(49)50)53-34(33)23-52-55(40(2,3)4,27-12-8-6-9-13-27)28-14-10-7-11-15-28/h6-17,19,26,29,32-34H,5,18,20-24H2,1-4H3,(H,49,50)(H,43,44,45)/t26-,29+,32-,33-,34+/m1/s1. The molecule has 1 saturated carbocycles. The van der Waals surface area contributed by atoms with Crippen LogP contribution >= 0.6 is 11.8 Å². The zero-order chi connectivity index (χ0) is 38.7. The van der Waals surface area contributed by atoms with Crippen LogP contribution in [0.1, 0.15) is 64.5 Å². The van der Waals surface area contributed by atoms with Crippen molar-refractivity contribution in [2.24, 2.45) is 0 Å². The molecule has 2 aromatic heterocycles. The molecule has 5 aromatic rings. The number of nitrogens with one attached hydrogen (secondary N) is 1. The molecule has 5 atom stereocenters. The third-order valence-corrected chi connectivity index (χ3v) is 16.3. The summed E-state index contributed by atoms with van der Waals surface area (Å²) < 4.78 is 49.0. The average molecular weight is 789 g/mol. The maximum Gasteiger partial charge on any atom is 0.329 e. The van der Waals surface area contributed by atoms with Crippen molar-refractivity contribution in [2.75, 3.05) is 30.9 Å². The summed E-state index contributed by atoms with van der Waals surface area (Å²) in [5.74, 6) is -1.49. The van der Waals surface area contributed by atoms with Gasteiger partial charge in [0.05, 0.1) is 25.4 Å². The molecule has 1 saturated heterocycles. The number of aromatic nitrogens is 5. The van der Waals surface area contributed by atoms with Crippen LogP contribution in [0.4, 0.5) is 14.6 Å². The van der Waals surface area contributed by atoms with E-state index in [0.717, 1.165) is 35.0 Å². The molecule has 1 aliphatic carbocycles.